The summed E-state index contributed by atoms with van der Waals surface area (Å²) in [5.74, 6) is 0.620. The Kier molecular flexibility index (Phi) is 21.3. The normalized spacial score (nSPS) is 11.0. The number of anilines is 1. The van der Waals surface area contributed by atoms with Gasteiger partial charge in [-0.2, -0.15) is 0 Å². The van der Waals surface area contributed by atoms with Crippen LogP contribution in [0.15, 0.2) is 42.5 Å². The predicted octanol–water partition coefficient (Wildman–Crippen LogP) is 6.06. The fourth-order valence-electron chi connectivity index (χ4n) is 4.91. The lowest BCUT2D eigenvalue weighted by molar-refractivity contribution is -0.906. The minimum Gasteiger partial charge on any atom is -1.00 e. The van der Waals surface area contributed by atoms with E-state index < -0.39 is 0 Å². The van der Waals surface area contributed by atoms with Crippen LogP contribution in [0, 0.1) is 0 Å². The number of nitrogens with one attached hydrogen (secondary N) is 1. The van der Waals surface area contributed by atoms with Crippen molar-refractivity contribution in [2.75, 3.05) is 51.8 Å². The highest BCUT2D eigenvalue weighted by atomic mass is 79.9. The van der Waals surface area contributed by atoms with Gasteiger partial charge in [-0.1, -0.05) is 78.1 Å². The first-order chi connectivity index (χ1) is 21.4. The number of likely N-dealkylation sites (N-methyl/N-ethyl adjacent to an activating group) is 1. The SMILES string of the molecule is CCCCCCCCOc1ccc(C(=O)Nc2ccc(C(=O)OCC[N+](C)(CC)CC)cc2)c(OCCCCCCCC)c1.[Br-]. The van der Waals surface area contributed by atoms with Gasteiger partial charge in [0, 0.05) is 11.8 Å². The molecule has 0 radical (unpaired) electrons. The Bertz CT molecular complexity index is 1090. The second-order valence-electron chi connectivity index (χ2n) is 12.0. The van der Waals surface area contributed by atoms with Gasteiger partial charge in [-0.3, -0.25) is 4.79 Å². The molecule has 7 nitrogen and oxygen atoms in total. The number of unbranched alkanes of at least 4 members (excludes halogenated alkanes) is 10. The number of benzene rings is 2. The number of amides is 1. The van der Waals surface area contributed by atoms with Crippen LogP contribution in [-0.4, -0.2) is 62.9 Å². The minimum atomic E-state index is -0.358. The number of esters is 1. The Morgan fingerprint density at radius 3 is 1.82 bits per heavy atom. The summed E-state index contributed by atoms with van der Waals surface area (Å²) in [6.07, 6.45) is 14.2. The number of rotatable bonds is 24. The minimum absolute atomic E-state index is 0. The third-order valence-electron chi connectivity index (χ3n) is 8.49. The van der Waals surface area contributed by atoms with E-state index in [1.54, 1.807) is 30.3 Å². The summed E-state index contributed by atoms with van der Waals surface area (Å²) in [4.78, 5) is 25.9. The topological polar surface area (TPSA) is 73.9 Å². The van der Waals surface area contributed by atoms with Crippen LogP contribution in [0.1, 0.15) is 125 Å². The molecule has 0 aromatic heterocycles. The summed E-state index contributed by atoms with van der Waals surface area (Å²) in [5, 5.41) is 2.95. The third-order valence-corrected chi connectivity index (χ3v) is 8.49. The van der Waals surface area contributed by atoms with Gasteiger partial charge in [-0.25, -0.2) is 4.79 Å². The van der Waals surface area contributed by atoms with E-state index in [1.807, 2.05) is 12.1 Å². The molecule has 0 aliphatic heterocycles. The summed E-state index contributed by atoms with van der Waals surface area (Å²) in [7, 11) is 2.16. The smallest absolute Gasteiger partial charge is 0.338 e. The van der Waals surface area contributed by atoms with Gasteiger partial charge in [0.25, 0.3) is 5.91 Å². The van der Waals surface area contributed by atoms with Crippen molar-refractivity contribution in [2.45, 2.75) is 105 Å². The van der Waals surface area contributed by atoms with Gasteiger partial charge in [0.1, 0.15) is 24.7 Å². The van der Waals surface area contributed by atoms with Gasteiger partial charge in [0.2, 0.25) is 0 Å². The molecule has 45 heavy (non-hydrogen) atoms. The second kappa shape index (κ2) is 23.7. The fraction of sp³-hybridized carbons (Fsp3) is 0.622. The van der Waals surface area contributed by atoms with Crippen LogP contribution in [-0.2, 0) is 4.74 Å². The maximum absolute atomic E-state index is 13.3. The van der Waals surface area contributed by atoms with Crippen molar-refractivity contribution >= 4 is 17.6 Å². The lowest BCUT2D eigenvalue weighted by Crippen LogP contribution is -3.00. The van der Waals surface area contributed by atoms with Gasteiger partial charge < -0.3 is 41.0 Å². The molecular weight excluding hydrogens is 632 g/mol. The summed E-state index contributed by atoms with van der Waals surface area (Å²) in [6.45, 7) is 13.1. The predicted molar refractivity (Wildman–Crippen MR) is 181 cm³/mol. The first kappa shape index (κ1) is 40.4. The molecule has 0 unspecified atom stereocenters. The van der Waals surface area contributed by atoms with E-state index in [0.717, 1.165) is 49.8 Å². The van der Waals surface area contributed by atoms with Crippen molar-refractivity contribution in [2.24, 2.45) is 0 Å². The molecule has 2 aromatic rings. The molecule has 0 bridgehead atoms. The molecule has 1 amide bonds. The van der Waals surface area contributed by atoms with Crippen LogP contribution in [0.5, 0.6) is 11.5 Å². The molecule has 0 aliphatic carbocycles. The van der Waals surface area contributed by atoms with Crippen LogP contribution in [0.2, 0.25) is 0 Å². The maximum Gasteiger partial charge on any atom is 0.338 e. The quantitative estimate of drug-likeness (QED) is 0.0823. The highest BCUT2D eigenvalue weighted by Gasteiger charge is 2.18. The molecule has 2 rings (SSSR count). The highest BCUT2D eigenvalue weighted by molar-refractivity contribution is 6.06. The van der Waals surface area contributed by atoms with E-state index in [9.17, 15) is 9.59 Å². The van der Waals surface area contributed by atoms with Crippen molar-refractivity contribution in [3.05, 3.63) is 53.6 Å². The number of carbonyl (C=O) groups is 2. The van der Waals surface area contributed by atoms with Crippen LogP contribution in [0.4, 0.5) is 5.69 Å². The van der Waals surface area contributed by atoms with Gasteiger partial charge in [-0.05, 0) is 63.1 Å². The Morgan fingerprint density at radius 1 is 0.689 bits per heavy atom. The molecule has 1 N–H and O–H groups in total. The molecular formula is C37H59BrN2O5. The fourth-order valence-corrected chi connectivity index (χ4v) is 4.91. The largest absolute Gasteiger partial charge is 1.00 e. The molecule has 0 saturated heterocycles. The molecule has 0 atom stereocenters. The van der Waals surface area contributed by atoms with Gasteiger partial charge >= 0.3 is 5.97 Å². The first-order valence-electron chi connectivity index (χ1n) is 17.2. The average molecular weight is 692 g/mol. The van der Waals surface area contributed by atoms with E-state index >= 15 is 0 Å². The van der Waals surface area contributed by atoms with E-state index in [4.69, 9.17) is 14.2 Å². The van der Waals surface area contributed by atoms with Crippen molar-refractivity contribution < 1.29 is 45.3 Å². The standard InChI is InChI=1S/C37H58N2O5.BrH/c1-6-10-12-14-16-18-27-42-33-24-25-34(35(30-33)43-28-19-17-15-13-11-7-2)36(40)38-32-22-20-31(21-23-32)37(41)44-29-26-39(5,8-3)9-4;/h20-25,30H,6-19,26-29H2,1-5H3;1H. The lowest BCUT2D eigenvalue weighted by Gasteiger charge is -2.31. The van der Waals surface area contributed by atoms with E-state index in [0.29, 0.717) is 48.1 Å². The molecule has 8 heteroatoms. The summed E-state index contributed by atoms with van der Waals surface area (Å²) >= 11 is 0. The van der Waals surface area contributed by atoms with Crippen molar-refractivity contribution in [1.29, 1.82) is 0 Å². The monoisotopic (exact) mass is 690 g/mol. The summed E-state index contributed by atoms with van der Waals surface area (Å²) in [6, 6.07) is 12.3. The maximum atomic E-state index is 13.3. The molecule has 0 spiro atoms. The number of hydrogen-bond acceptors (Lipinski definition) is 5. The molecule has 254 valence electrons. The first-order valence-corrected chi connectivity index (χ1v) is 17.2. The Morgan fingerprint density at radius 2 is 1.24 bits per heavy atom. The van der Waals surface area contributed by atoms with Gasteiger partial charge in [0.05, 0.1) is 44.5 Å². The van der Waals surface area contributed by atoms with Crippen molar-refractivity contribution in [3.8, 4) is 11.5 Å². The molecule has 2 aromatic carbocycles. The summed E-state index contributed by atoms with van der Waals surface area (Å²) in [5.41, 5.74) is 1.51. The number of carbonyl (C=O) groups excluding carboxylic acids is 2. The van der Waals surface area contributed by atoms with E-state index in [1.165, 1.54) is 51.4 Å². The number of nitrogens with zero attached hydrogens (tertiary/aromatic N) is 1. The molecule has 0 heterocycles. The number of ether oxygens (including phenoxy) is 3. The van der Waals surface area contributed by atoms with Crippen molar-refractivity contribution in [1.82, 2.24) is 0 Å². The van der Waals surface area contributed by atoms with Crippen LogP contribution >= 0.6 is 0 Å². The highest BCUT2D eigenvalue weighted by Crippen LogP contribution is 2.27. The Hall–Kier alpha value is -2.58. The van der Waals surface area contributed by atoms with Crippen molar-refractivity contribution in [3.63, 3.8) is 0 Å². The third kappa shape index (κ3) is 16.0. The molecule has 0 fully saturated rings. The number of hydrogen-bond donors (Lipinski definition) is 1. The zero-order valence-electron chi connectivity index (χ0n) is 28.6. The number of quaternary nitrogens is 1. The van der Waals surface area contributed by atoms with E-state index in [-0.39, 0.29) is 28.9 Å². The van der Waals surface area contributed by atoms with Gasteiger partial charge in [0.15, 0.2) is 0 Å². The zero-order valence-corrected chi connectivity index (χ0v) is 30.2. The van der Waals surface area contributed by atoms with E-state index in [2.05, 4.69) is 40.1 Å². The van der Waals surface area contributed by atoms with Crippen LogP contribution in [0.3, 0.4) is 0 Å². The lowest BCUT2D eigenvalue weighted by atomic mass is 10.1. The average Bonchev–Trinajstić information content (AvgIpc) is 3.04. The second-order valence-corrected chi connectivity index (χ2v) is 12.0. The van der Waals surface area contributed by atoms with Gasteiger partial charge in [-0.15, -0.1) is 0 Å². The zero-order chi connectivity index (χ0) is 32.0. The molecule has 0 aliphatic rings. The summed E-state index contributed by atoms with van der Waals surface area (Å²) < 4.78 is 18.5. The van der Waals surface area contributed by atoms with Crippen LogP contribution in [0.25, 0.3) is 0 Å². The number of halogens is 1. The Labute approximate surface area is 283 Å². The Balaban J connectivity index is 0.0000101. The van der Waals surface area contributed by atoms with Crippen LogP contribution < -0.4 is 31.8 Å². The molecule has 0 saturated carbocycles.